The number of rotatable bonds is 9. The number of unbranched alkanes of at least 4 members (excludes halogenated alkanes) is 1. The van der Waals surface area contributed by atoms with Gasteiger partial charge >= 0.3 is 0 Å². The minimum absolute atomic E-state index is 0.368. The van der Waals surface area contributed by atoms with Gasteiger partial charge < -0.3 is 25.0 Å². The van der Waals surface area contributed by atoms with E-state index in [0.29, 0.717) is 6.04 Å². The molecule has 156 valence electrons. The van der Waals surface area contributed by atoms with Gasteiger partial charge in [0.25, 0.3) is 0 Å². The topological polar surface area (TPSA) is 58.1 Å². The molecule has 1 fully saturated rings. The molecule has 6 heteroatoms. The van der Waals surface area contributed by atoms with Crippen molar-refractivity contribution in [3.63, 3.8) is 0 Å². The minimum Gasteiger partial charge on any atom is -0.495 e. The smallest absolute Gasteiger partial charge is 0.191 e. The second-order valence-electron chi connectivity index (χ2n) is 7.12. The normalized spacial score (nSPS) is 16.6. The molecule has 1 heterocycles. The monoisotopic (exact) mass is 396 g/mol. The van der Waals surface area contributed by atoms with E-state index in [1.807, 2.05) is 49.5 Å². The van der Waals surface area contributed by atoms with Crippen LogP contribution in [0.1, 0.15) is 19.3 Å². The SMILES string of the molecule is CN=C(NCCCCOc1ccccc1)NC1CCN(c2ccccc2OC)C1. The number of nitrogens with one attached hydrogen (secondary N) is 2. The van der Waals surface area contributed by atoms with E-state index < -0.39 is 0 Å². The van der Waals surface area contributed by atoms with Gasteiger partial charge in [-0.2, -0.15) is 0 Å². The second-order valence-corrected chi connectivity index (χ2v) is 7.12. The van der Waals surface area contributed by atoms with Gasteiger partial charge in [-0.05, 0) is 43.5 Å². The van der Waals surface area contributed by atoms with E-state index in [1.165, 1.54) is 0 Å². The minimum atomic E-state index is 0.368. The molecular weight excluding hydrogens is 364 g/mol. The van der Waals surface area contributed by atoms with Gasteiger partial charge in [-0.25, -0.2) is 0 Å². The summed E-state index contributed by atoms with van der Waals surface area (Å²) in [6, 6.07) is 18.5. The van der Waals surface area contributed by atoms with Gasteiger partial charge in [0.2, 0.25) is 0 Å². The first-order valence-corrected chi connectivity index (χ1v) is 10.3. The van der Waals surface area contributed by atoms with Crippen LogP contribution in [0.2, 0.25) is 0 Å². The van der Waals surface area contributed by atoms with Gasteiger partial charge in [0.15, 0.2) is 5.96 Å². The number of guanidine groups is 1. The van der Waals surface area contributed by atoms with Crippen LogP contribution >= 0.6 is 0 Å². The average Bonchev–Trinajstić information content (AvgIpc) is 3.24. The summed E-state index contributed by atoms with van der Waals surface area (Å²) in [5, 5.41) is 6.96. The largest absolute Gasteiger partial charge is 0.495 e. The van der Waals surface area contributed by atoms with Crippen LogP contribution in [0.4, 0.5) is 5.69 Å². The van der Waals surface area contributed by atoms with Gasteiger partial charge in [0, 0.05) is 32.7 Å². The average molecular weight is 397 g/mol. The molecule has 0 aromatic heterocycles. The van der Waals surface area contributed by atoms with Gasteiger partial charge in [-0.1, -0.05) is 30.3 Å². The molecule has 1 aliphatic rings. The Morgan fingerprint density at radius 2 is 1.90 bits per heavy atom. The summed E-state index contributed by atoms with van der Waals surface area (Å²) in [6.45, 7) is 3.55. The van der Waals surface area contributed by atoms with Crippen LogP contribution in [0.3, 0.4) is 0 Å². The van der Waals surface area contributed by atoms with Crippen LogP contribution < -0.4 is 25.0 Å². The maximum absolute atomic E-state index is 5.73. The Labute approximate surface area is 173 Å². The molecule has 1 aliphatic heterocycles. The second kappa shape index (κ2) is 11.2. The van der Waals surface area contributed by atoms with Crippen molar-refractivity contribution in [2.75, 3.05) is 45.3 Å². The summed E-state index contributed by atoms with van der Waals surface area (Å²) < 4.78 is 11.2. The standard InChI is InChI=1S/C23H32N4O2/c1-24-23(25-15-8-9-17-29-20-10-4-3-5-11-20)26-19-14-16-27(18-19)21-12-6-7-13-22(21)28-2/h3-7,10-13,19H,8-9,14-18H2,1-2H3,(H2,24,25,26). The van der Waals surface area contributed by atoms with Crippen LogP contribution in [0, 0.1) is 0 Å². The Morgan fingerprint density at radius 1 is 1.10 bits per heavy atom. The van der Waals surface area contributed by atoms with Crippen LogP contribution in [0.15, 0.2) is 59.6 Å². The third-order valence-corrected chi connectivity index (χ3v) is 5.05. The summed E-state index contributed by atoms with van der Waals surface area (Å²) >= 11 is 0. The quantitative estimate of drug-likeness (QED) is 0.387. The van der Waals surface area contributed by atoms with E-state index in [1.54, 1.807) is 7.11 Å². The van der Waals surface area contributed by atoms with Crippen molar-refractivity contribution in [1.82, 2.24) is 10.6 Å². The highest BCUT2D eigenvalue weighted by atomic mass is 16.5. The number of para-hydroxylation sites is 3. The van der Waals surface area contributed by atoms with Crippen molar-refractivity contribution in [1.29, 1.82) is 0 Å². The summed E-state index contributed by atoms with van der Waals surface area (Å²) in [5.41, 5.74) is 1.15. The van der Waals surface area contributed by atoms with Crippen molar-refractivity contribution in [2.45, 2.75) is 25.3 Å². The lowest BCUT2D eigenvalue weighted by Gasteiger charge is -2.22. The number of benzene rings is 2. The van der Waals surface area contributed by atoms with Crippen molar-refractivity contribution in [2.24, 2.45) is 4.99 Å². The molecule has 0 aliphatic carbocycles. The highest BCUT2D eigenvalue weighted by molar-refractivity contribution is 5.80. The van der Waals surface area contributed by atoms with Crippen LogP contribution in [-0.4, -0.2) is 52.4 Å². The molecule has 0 amide bonds. The van der Waals surface area contributed by atoms with E-state index in [-0.39, 0.29) is 0 Å². The molecule has 0 bridgehead atoms. The van der Waals surface area contributed by atoms with Crippen LogP contribution in [-0.2, 0) is 0 Å². The molecule has 6 nitrogen and oxygen atoms in total. The molecule has 0 radical (unpaired) electrons. The van der Waals surface area contributed by atoms with E-state index in [0.717, 1.165) is 68.6 Å². The molecule has 1 saturated heterocycles. The van der Waals surface area contributed by atoms with Gasteiger partial charge in [-0.15, -0.1) is 0 Å². The summed E-state index contributed by atoms with van der Waals surface area (Å²) in [7, 11) is 3.54. The maximum atomic E-state index is 5.73. The van der Waals surface area contributed by atoms with Gasteiger partial charge in [0.05, 0.1) is 19.4 Å². The number of nitrogens with zero attached hydrogens (tertiary/aromatic N) is 2. The zero-order valence-corrected chi connectivity index (χ0v) is 17.4. The summed E-state index contributed by atoms with van der Waals surface area (Å²) in [5.74, 6) is 2.72. The highest BCUT2D eigenvalue weighted by Gasteiger charge is 2.25. The molecule has 2 aromatic rings. The first-order valence-electron chi connectivity index (χ1n) is 10.3. The number of ether oxygens (including phenoxy) is 2. The lowest BCUT2D eigenvalue weighted by atomic mass is 10.2. The van der Waals surface area contributed by atoms with Crippen LogP contribution in [0.5, 0.6) is 11.5 Å². The fourth-order valence-electron chi connectivity index (χ4n) is 3.52. The Morgan fingerprint density at radius 3 is 2.69 bits per heavy atom. The number of methoxy groups -OCH3 is 1. The lowest BCUT2D eigenvalue weighted by molar-refractivity contribution is 0.307. The zero-order valence-electron chi connectivity index (χ0n) is 17.4. The molecular formula is C23H32N4O2. The summed E-state index contributed by atoms with van der Waals surface area (Å²) in [6.07, 6.45) is 3.11. The highest BCUT2D eigenvalue weighted by Crippen LogP contribution is 2.30. The van der Waals surface area contributed by atoms with Crippen molar-refractivity contribution >= 4 is 11.6 Å². The van der Waals surface area contributed by atoms with E-state index in [2.05, 4.69) is 32.7 Å². The zero-order chi connectivity index (χ0) is 20.3. The molecule has 29 heavy (non-hydrogen) atoms. The molecule has 2 N–H and O–H groups in total. The predicted molar refractivity (Wildman–Crippen MR) is 119 cm³/mol. The van der Waals surface area contributed by atoms with Crippen molar-refractivity contribution in [3.05, 3.63) is 54.6 Å². The predicted octanol–water partition coefficient (Wildman–Crippen LogP) is 3.30. The number of hydrogen-bond donors (Lipinski definition) is 2. The molecule has 0 saturated carbocycles. The van der Waals surface area contributed by atoms with E-state index in [4.69, 9.17) is 9.47 Å². The molecule has 3 rings (SSSR count). The third-order valence-electron chi connectivity index (χ3n) is 5.05. The first kappa shape index (κ1) is 20.8. The number of hydrogen-bond acceptors (Lipinski definition) is 4. The maximum Gasteiger partial charge on any atom is 0.191 e. The Kier molecular flexibility index (Phi) is 8.04. The molecule has 2 aromatic carbocycles. The third kappa shape index (κ3) is 6.31. The van der Waals surface area contributed by atoms with Crippen molar-refractivity contribution in [3.8, 4) is 11.5 Å². The fraction of sp³-hybridized carbons (Fsp3) is 0.435. The Balaban J connectivity index is 1.35. The number of anilines is 1. The van der Waals surface area contributed by atoms with E-state index >= 15 is 0 Å². The summed E-state index contributed by atoms with van der Waals surface area (Å²) in [4.78, 5) is 6.73. The van der Waals surface area contributed by atoms with Crippen LogP contribution in [0.25, 0.3) is 0 Å². The first-order chi connectivity index (χ1) is 14.3. The Hall–Kier alpha value is -2.89. The lowest BCUT2D eigenvalue weighted by Crippen LogP contribution is -2.44. The molecule has 0 spiro atoms. The number of aliphatic imine (C=N–C) groups is 1. The van der Waals surface area contributed by atoms with Gasteiger partial charge in [0.1, 0.15) is 11.5 Å². The van der Waals surface area contributed by atoms with Crippen molar-refractivity contribution < 1.29 is 9.47 Å². The Bertz CT molecular complexity index is 766. The molecule has 1 unspecified atom stereocenters. The van der Waals surface area contributed by atoms with E-state index in [9.17, 15) is 0 Å². The molecule has 1 atom stereocenters. The van der Waals surface area contributed by atoms with Gasteiger partial charge in [-0.3, -0.25) is 4.99 Å². The fourth-order valence-corrected chi connectivity index (χ4v) is 3.52.